The second-order valence-corrected chi connectivity index (χ2v) is 6.08. The van der Waals surface area contributed by atoms with Crippen LogP contribution in [0.15, 0.2) is 40.9 Å². The summed E-state index contributed by atoms with van der Waals surface area (Å²) in [6, 6.07) is 10.5. The van der Waals surface area contributed by atoms with Gasteiger partial charge in [0.15, 0.2) is 5.96 Å². The summed E-state index contributed by atoms with van der Waals surface area (Å²) in [5, 5.41) is 3.35. The smallest absolute Gasteiger partial charge is 0.305 e. The molecule has 5 nitrogen and oxygen atoms in total. The molecule has 1 heterocycles. The summed E-state index contributed by atoms with van der Waals surface area (Å²) < 4.78 is 4.94. The predicted octanol–water partition coefficient (Wildman–Crippen LogP) is 3.70. The lowest BCUT2D eigenvalue weighted by atomic mass is 10.0. The predicted molar refractivity (Wildman–Crippen MR) is 118 cm³/mol. The number of carbonyl (C=O) groups excluding carboxylic acids is 1. The fraction of sp³-hybridized carbons (Fsp3) is 0.500. The number of esters is 1. The molecule has 1 aliphatic rings. The first-order chi connectivity index (χ1) is 12.2. The van der Waals surface area contributed by atoms with Gasteiger partial charge in [0.25, 0.3) is 0 Å². The molecule has 144 valence electrons. The molecule has 0 bridgehead atoms. The quantitative estimate of drug-likeness (QED) is 0.226. The van der Waals surface area contributed by atoms with Crippen LogP contribution in [-0.4, -0.2) is 50.1 Å². The molecule has 0 atom stereocenters. The number of nitrogens with zero attached hydrogens (tertiary/aromatic N) is 2. The fourth-order valence-electron chi connectivity index (χ4n) is 2.93. The van der Waals surface area contributed by atoms with E-state index in [1.807, 2.05) is 20.0 Å². The van der Waals surface area contributed by atoms with Crippen LogP contribution in [0.2, 0.25) is 0 Å². The highest BCUT2D eigenvalue weighted by Crippen LogP contribution is 2.19. The van der Waals surface area contributed by atoms with E-state index in [4.69, 9.17) is 4.74 Å². The van der Waals surface area contributed by atoms with Crippen molar-refractivity contribution in [2.75, 3.05) is 33.3 Å². The Bertz CT molecular complexity index is 592. The Morgan fingerprint density at radius 2 is 1.96 bits per heavy atom. The fourth-order valence-corrected chi connectivity index (χ4v) is 2.93. The first-order valence-corrected chi connectivity index (χ1v) is 9.08. The topological polar surface area (TPSA) is 53.9 Å². The first kappa shape index (κ1) is 22.5. The van der Waals surface area contributed by atoms with Gasteiger partial charge < -0.3 is 15.0 Å². The molecule has 1 aromatic rings. The molecular formula is C20H30IN3O2. The summed E-state index contributed by atoms with van der Waals surface area (Å²) in [5.74, 6) is 0.788. The molecule has 1 aliphatic heterocycles. The van der Waals surface area contributed by atoms with Gasteiger partial charge >= 0.3 is 5.97 Å². The van der Waals surface area contributed by atoms with Crippen molar-refractivity contribution < 1.29 is 9.53 Å². The molecule has 0 aromatic heterocycles. The van der Waals surface area contributed by atoms with E-state index in [1.54, 1.807) is 0 Å². The highest BCUT2D eigenvalue weighted by atomic mass is 127. The Labute approximate surface area is 173 Å². The minimum absolute atomic E-state index is 0. The number of aliphatic imine (C=N–C) groups is 1. The molecule has 6 heteroatoms. The Hall–Kier alpha value is -1.57. The second kappa shape index (κ2) is 12.7. The molecule has 1 saturated heterocycles. The van der Waals surface area contributed by atoms with Gasteiger partial charge in [-0.15, -0.1) is 24.0 Å². The molecule has 0 amide bonds. The molecule has 1 fully saturated rings. The number of nitrogens with one attached hydrogen (secondary N) is 1. The first-order valence-electron chi connectivity index (χ1n) is 9.08. The monoisotopic (exact) mass is 471 g/mol. The van der Waals surface area contributed by atoms with Crippen LogP contribution in [0.3, 0.4) is 0 Å². The van der Waals surface area contributed by atoms with Gasteiger partial charge in [0.1, 0.15) is 0 Å². The third-order valence-electron chi connectivity index (χ3n) is 4.23. The SMILES string of the molecule is CCOC(=O)CCCNC(=NC)N1CCC(=Cc2ccccc2)CC1.I. The largest absolute Gasteiger partial charge is 0.466 e. The number of hydrogen-bond acceptors (Lipinski definition) is 3. The lowest BCUT2D eigenvalue weighted by molar-refractivity contribution is -0.143. The van der Waals surface area contributed by atoms with E-state index in [2.05, 4.69) is 45.6 Å². The van der Waals surface area contributed by atoms with Crippen LogP contribution in [0.4, 0.5) is 0 Å². The van der Waals surface area contributed by atoms with E-state index in [9.17, 15) is 4.79 Å². The van der Waals surface area contributed by atoms with Crippen molar-refractivity contribution in [2.24, 2.45) is 4.99 Å². The molecule has 0 radical (unpaired) electrons. The number of carbonyl (C=O) groups is 1. The van der Waals surface area contributed by atoms with E-state index < -0.39 is 0 Å². The van der Waals surface area contributed by atoms with Gasteiger partial charge in [0.2, 0.25) is 0 Å². The van der Waals surface area contributed by atoms with Gasteiger partial charge in [-0.05, 0) is 31.7 Å². The van der Waals surface area contributed by atoms with E-state index in [0.717, 1.165) is 44.9 Å². The van der Waals surface area contributed by atoms with Crippen molar-refractivity contribution in [2.45, 2.75) is 32.6 Å². The van der Waals surface area contributed by atoms with Crippen LogP contribution in [0.5, 0.6) is 0 Å². The maximum Gasteiger partial charge on any atom is 0.305 e. The van der Waals surface area contributed by atoms with E-state index >= 15 is 0 Å². The van der Waals surface area contributed by atoms with Gasteiger partial charge in [0, 0.05) is 33.1 Å². The molecule has 2 rings (SSSR count). The molecule has 0 unspecified atom stereocenters. The molecule has 1 N–H and O–H groups in total. The summed E-state index contributed by atoms with van der Waals surface area (Å²) in [5.41, 5.74) is 2.76. The zero-order valence-corrected chi connectivity index (χ0v) is 18.1. The maximum atomic E-state index is 11.3. The number of hydrogen-bond donors (Lipinski definition) is 1. The number of piperidine rings is 1. The summed E-state index contributed by atoms with van der Waals surface area (Å²) in [6.07, 6.45) is 5.61. The number of halogens is 1. The zero-order chi connectivity index (χ0) is 17.9. The highest BCUT2D eigenvalue weighted by molar-refractivity contribution is 14.0. The molecule has 0 aliphatic carbocycles. The normalized spacial score (nSPS) is 14.5. The average molecular weight is 471 g/mol. The summed E-state index contributed by atoms with van der Waals surface area (Å²) >= 11 is 0. The Morgan fingerprint density at radius 1 is 1.27 bits per heavy atom. The molecule has 0 spiro atoms. The lowest BCUT2D eigenvalue weighted by Crippen LogP contribution is -2.44. The lowest BCUT2D eigenvalue weighted by Gasteiger charge is -2.31. The van der Waals surface area contributed by atoms with Crippen molar-refractivity contribution in [3.63, 3.8) is 0 Å². The van der Waals surface area contributed by atoms with E-state index in [-0.39, 0.29) is 29.9 Å². The second-order valence-electron chi connectivity index (χ2n) is 6.08. The number of likely N-dealkylation sites (tertiary alicyclic amines) is 1. The van der Waals surface area contributed by atoms with Crippen molar-refractivity contribution in [3.05, 3.63) is 41.5 Å². The van der Waals surface area contributed by atoms with Gasteiger partial charge in [-0.3, -0.25) is 9.79 Å². The molecule has 26 heavy (non-hydrogen) atoms. The highest BCUT2D eigenvalue weighted by Gasteiger charge is 2.17. The Morgan fingerprint density at radius 3 is 2.58 bits per heavy atom. The van der Waals surface area contributed by atoms with Gasteiger partial charge in [-0.2, -0.15) is 0 Å². The summed E-state index contributed by atoms with van der Waals surface area (Å²) in [6.45, 7) is 4.94. The van der Waals surface area contributed by atoms with Gasteiger partial charge in [-0.1, -0.05) is 42.0 Å². The van der Waals surface area contributed by atoms with Crippen LogP contribution in [0.1, 0.15) is 38.2 Å². The third-order valence-corrected chi connectivity index (χ3v) is 4.23. The van der Waals surface area contributed by atoms with E-state index in [0.29, 0.717) is 13.0 Å². The maximum absolute atomic E-state index is 11.3. The van der Waals surface area contributed by atoms with Crippen LogP contribution < -0.4 is 5.32 Å². The standard InChI is InChI=1S/C20H29N3O2.HI/c1-3-25-19(24)10-7-13-22-20(21-2)23-14-11-18(12-15-23)16-17-8-5-4-6-9-17;/h4-6,8-9,16H,3,7,10-15H2,1-2H3,(H,21,22);1H. The Balaban J connectivity index is 0.00000338. The average Bonchev–Trinajstić information content (AvgIpc) is 2.64. The van der Waals surface area contributed by atoms with Crippen molar-refractivity contribution in [1.82, 2.24) is 10.2 Å². The number of ether oxygens (including phenoxy) is 1. The number of guanidine groups is 1. The number of rotatable bonds is 6. The summed E-state index contributed by atoms with van der Waals surface area (Å²) in [4.78, 5) is 18.0. The van der Waals surface area contributed by atoms with Crippen LogP contribution >= 0.6 is 24.0 Å². The number of benzene rings is 1. The zero-order valence-electron chi connectivity index (χ0n) is 15.7. The summed E-state index contributed by atoms with van der Waals surface area (Å²) in [7, 11) is 1.81. The van der Waals surface area contributed by atoms with Gasteiger partial charge in [-0.25, -0.2) is 0 Å². The Kier molecular flexibility index (Phi) is 11.0. The van der Waals surface area contributed by atoms with Gasteiger partial charge in [0.05, 0.1) is 6.61 Å². The van der Waals surface area contributed by atoms with Crippen LogP contribution in [-0.2, 0) is 9.53 Å². The minimum atomic E-state index is -0.132. The molecule has 1 aromatic carbocycles. The minimum Gasteiger partial charge on any atom is -0.466 e. The van der Waals surface area contributed by atoms with Crippen molar-refractivity contribution >= 4 is 42.0 Å². The van der Waals surface area contributed by atoms with Crippen molar-refractivity contribution in [1.29, 1.82) is 0 Å². The van der Waals surface area contributed by atoms with Crippen molar-refractivity contribution in [3.8, 4) is 0 Å². The van der Waals surface area contributed by atoms with Crippen LogP contribution in [0, 0.1) is 0 Å². The molecule has 0 saturated carbocycles. The molecular weight excluding hydrogens is 441 g/mol. The third kappa shape index (κ3) is 7.76. The van der Waals surface area contributed by atoms with Crippen LogP contribution in [0.25, 0.3) is 6.08 Å². The van der Waals surface area contributed by atoms with E-state index in [1.165, 1.54) is 11.1 Å².